The monoisotopic (exact) mass is 344 g/mol. The summed E-state index contributed by atoms with van der Waals surface area (Å²) in [5.41, 5.74) is 7.42. The van der Waals surface area contributed by atoms with Gasteiger partial charge in [-0.2, -0.15) is 0 Å². The van der Waals surface area contributed by atoms with E-state index in [1.54, 1.807) is 0 Å². The summed E-state index contributed by atoms with van der Waals surface area (Å²) in [6.07, 6.45) is 1.74. The van der Waals surface area contributed by atoms with Crippen molar-refractivity contribution in [2.45, 2.75) is 25.4 Å². The minimum absolute atomic E-state index is 0.0149. The molecule has 2 N–H and O–H groups in total. The van der Waals surface area contributed by atoms with E-state index in [1.807, 2.05) is 23.4 Å². The molecule has 1 atom stereocenters. The highest BCUT2D eigenvalue weighted by molar-refractivity contribution is 7.09. The van der Waals surface area contributed by atoms with Crippen LogP contribution < -0.4 is 5.73 Å². The molecule has 0 aliphatic carbocycles. The molecule has 1 aliphatic heterocycles. The van der Waals surface area contributed by atoms with Crippen LogP contribution in [0.3, 0.4) is 0 Å². The van der Waals surface area contributed by atoms with Gasteiger partial charge in [0, 0.05) is 44.5 Å². The van der Waals surface area contributed by atoms with E-state index < -0.39 is 0 Å². The van der Waals surface area contributed by atoms with E-state index in [0.29, 0.717) is 12.2 Å². The van der Waals surface area contributed by atoms with Gasteiger partial charge in [0.1, 0.15) is 5.69 Å². The van der Waals surface area contributed by atoms with E-state index in [1.165, 1.54) is 16.9 Å². The van der Waals surface area contributed by atoms with Crippen molar-refractivity contribution in [1.29, 1.82) is 0 Å². The molecule has 1 aromatic heterocycles. The fourth-order valence-electron chi connectivity index (χ4n) is 3.11. The maximum absolute atomic E-state index is 12.6. The number of nitrogens with zero attached hydrogens (tertiary/aromatic N) is 3. The molecule has 1 unspecified atom stereocenters. The molecule has 0 saturated carbocycles. The zero-order valence-corrected chi connectivity index (χ0v) is 14.8. The van der Waals surface area contributed by atoms with Crippen molar-refractivity contribution in [3.63, 3.8) is 0 Å². The average molecular weight is 344 g/mol. The van der Waals surface area contributed by atoms with Gasteiger partial charge in [-0.05, 0) is 18.5 Å². The Hall–Kier alpha value is -1.76. The van der Waals surface area contributed by atoms with Crippen molar-refractivity contribution in [1.82, 2.24) is 14.8 Å². The minimum Gasteiger partial charge on any atom is -0.336 e. The van der Waals surface area contributed by atoms with Crippen LogP contribution in [0.2, 0.25) is 0 Å². The Labute approximate surface area is 147 Å². The lowest BCUT2D eigenvalue weighted by molar-refractivity contribution is 0.0729. The smallest absolute Gasteiger partial charge is 0.273 e. The van der Waals surface area contributed by atoms with Crippen LogP contribution in [0.15, 0.2) is 35.7 Å². The number of carbonyl (C=O) groups is 1. The quantitative estimate of drug-likeness (QED) is 0.870. The zero-order valence-electron chi connectivity index (χ0n) is 14.0. The molecule has 3 rings (SSSR count). The first kappa shape index (κ1) is 17.1. The number of carbonyl (C=O) groups excluding carboxylic acids is 1. The van der Waals surface area contributed by atoms with Crippen LogP contribution >= 0.6 is 11.3 Å². The van der Waals surface area contributed by atoms with Crippen LogP contribution in [0, 0.1) is 0 Å². The summed E-state index contributed by atoms with van der Waals surface area (Å²) in [5, 5.41) is 2.78. The normalized spacial score (nSPS) is 18.0. The summed E-state index contributed by atoms with van der Waals surface area (Å²) in [5.74, 6) is 0.0149. The number of hydrogen-bond acceptors (Lipinski definition) is 5. The Balaban J connectivity index is 1.57. The molecule has 1 fully saturated rings. The molecule has 1 aromatic carbocycles. The second kappa shape index (κ2) is 7.88. The lowest BCUT2D eigenvalue weighted by atomic mass is 10.2. The molecule has 2 heterocycles. The Kier molecular flexibility index (Phi) is 5.60. The largest absolute Gasteiger partial charge is 0.336 e. The van der Waals surface area contributed by atoms with Crippen LogP contribution in [0.5, 0.6) is 0 Å². The molecule has 0 bridgehead atoms. The van der Waals surface area contributed by atoms with Crippen molar-refractivity contribution < 1.29 is 4.79 Å². The third-order valence-corrected chi connectivity index (χ3v) is 5.40. The molecule has 128 valence electrons. The van der Waals surface area contributed by atoms with Gasteiger partial charge in [0.25, 0.3) is 5.91 Å². The molecule has 6 heteroatoms. The summed E-state index contributed by atoms with van der Waals surface area (Å²) in [6, 6.07) is 10.7. The number of aromatic nitrogens is 1. The third kappa shape index (κ3) is 4.01. The number of likely N-dealkylation sites (N-methyl/N-ethyl adjacent to an activating group) is 1. The number of likely N-dealkylation sites (tertiary alicyclic amines) is 1. The minimum atomic E-state index is 0.0149. The Morgan fingerprint density at radius 2 is 2.21 bits per heavy atom. The van der Waals surface area contributed by atoms with E-state index in [-0.39, 0.29) is 11.9 Å². The molecule has 0 radical (unpaired) electrons. The molecule has 24 heavy (non-hydrogen) atoms. The maximum Gasteiger partial charge on any atom is 0.273 e. The summed E-state index contributed by atoms with van der Waals surface area (Å²) < 4.78 is 0. The van der Waals surface area contributed by atoms with E-state index in [0.717, 1.165) is 37.5 Å². The SMILES string of the molecule is CN(C(=O)c1csc(CCN)n1)C1CCN(Cc2ccccc2)C1. The van der Waals surface area contributed by atoms with Gasteiger partial charge in [0.2, 0.25) is 0 Å². The van der Waals surface area contributed by atoms with Gasteiger partial charge in [0.15, 0.2) is 0 Å². The Morgan fingerprint density at radius 1 is 1.42 bits per heavy atom. The van der Waals surface area contributed by atoms with Gasteiger partial charge in [-0.1, -0.05) is 30.3 Å². The zero-order chi connectivity index (χ0) is 16.9. The molecular weight excluding hydrogens is 320 g/mol. The highest BCUT2D eigenvalue weighted by atomic mass is 32.1. The molecular formula is C18H24N4OS. The standard InChI is InChI=1S/C18H24N4OS/c1-21(18(23)16-13-24-17(20-16)7-9-19)15-8-10-22(12-15)11-14-5-3-2-4-6-14/h2-6,13,15H,7-12,19H2,1H3. The molecule has 0 spiro atoms. The first-order valence-electron chi connectivity index (χ1n) is 8.35. The topological polar surface area (TPSA) is 62.5 Å². The molecule has 1 amide bonds. The number of hydrogen-bond donors (Lipinski definition) is 1. The second-order valence-electron chi connectivity index (χ2n) is 6.24. The fraction of sp³-hybridized carbons (Fsp3) is 0.444. The highest BCUT2D eigenvalue weighted by Crippen LogP contribution is 2.20. The van der Waals surface area contributed by atoms with E-state index >= 15 is 0 Å². The van der Waals surface area contributed by atoms with Gasteiger partial charge in [0.05, 0.1) is 5.01 Å². The van der Waals surface area contributed by atoms with Gasteiger partial charge in [-0.25, -0.2) is 4.98 Å². The van der Waals surface area contributed by atoms with E-state index in [9.17, 15) is 4.79 Å². The van der Waals surface area contributed by atoms with Crippen molar-refractivity contribution in [2.75, 3.05) is 26.7 Å². The van der Waals surface area contributed by atoms with E-state index in [2.05, 4.69) is 34.1 Å². The van der Waals surface area contributed by atoms with Crippen LogP contribution in [-0.4, -0.2) is 53.4 Å². The lowest BCUT2D eigenvalue weighted by Gasteiger charge is -2.24. The number of benzene rings is 1. The Bertz CT molecular complexity index is 673. The lowest BCUT2D eigenvalue weighted by Crippen LogP contribution is -2.39. The van der Waals surface area contributed by atoms with Crippen LogP contribution in [-0.2, 0) is 13.0 Å². The van der Waals surface area contributed by atoms with E-state index in [4.69, 9.17) is 5.73 Å². The molecule has 1 saturated heterocycles. The van der Waals surface area contributed by atoms with Crippen LogP contribution in [0.1, 0.15) is 27.5 Å². The van der Waals surface area contributed by atoms with Gasteiger partial charge in [-0.15, -0.1) is 11.3 Å². The fourth-order valence-corrected chi connectivity index (χ4v) is 3.90. The second-order valence-corrected chi connectivity index (χ2v) is 7.19. The summed E-state index contributed by atoms with van der Waals surface area (Å²) in [4.78, 5) is 21.3. The predicted octanol–water partition coefficient (Wildman–Crippen LogP) is 1.99. The summed E-state index contributed by atoms with van der Waals surface area (Å²) in [6.45, 7) is 3.44. The van der Waals surface area contributed by atoms with Crippen molar-refractivity contribution in [2.24, 2.45) is 5.73 Å². The average Bonchev–Trinajstić information content (AvgIpc) is 3.24. The first-order chi connectivity index (χ1) is 11.7. The highest BCUT2D eigenvalue weighted by Gasteiger charge is 2.29. The number of rotatable bonds is 6. The van der Waals surface area contributed by atoms with Crippen molar-refractivity contribution >= 4 is 17.2 Å². The van der Waals surface area contributed by atoms with Crippen LogP contribution in [0.4, 0.5) is 0 Å². The number of nitrogens with two attached hydrogens (primary N) is 1. The van der Waals surface area contributed by atoms with Crippen LogP contribution in [0.25, 0.3) is 0 Å². The number of amides is 1. The molecule has 5 nitrogen and oxygen atoms in total. The van der Waals surface area contributed by atoms with Gasteiger partial charge in [-0.3, -0.25) is 9.69 Å². The number of thiazole rings is 1. The maximum atomic E-state index is 12.6. The van der Waals surface area contributed by atoms with Crippen molar-refractivity contribution in [3.8, 4) is 0 Å². The third-order valence-electron chi connectivity index (χ3n) is 4.49. The first-order valence-corrected chi connectivity index (χ1v) is 9.23. The molecule has 1 aliphatic rings. The molecule has 2 aromatic rings. The Morgan fingerprint density at radius 3 is 2.96 bits per heavy atom. The van der Waals surface area contributed by atoms with Gasteiger partial charge >= 0.3 is 0 Å². The van der Waals surface area contributed by atoms with Crippen molar-refractivity contribution in [3.05, 3.63) is 52.0 Å². The summed E-state index contributed by atoms with van der Waals surface area (Å²) >= 11 is 1.52. The van der Waals surface area contributed by atoms with Gasteiger partial charge < -0.3 is 10.6 Å². The summed E-state index contributed by atoms with van der Waals surface area (Å²) in [7, 11) is 1.89. The predicted molar refractivity (Wildman–Crippen MR) is 97.1 cm³/mol.